The van der Waals surface area contributed by atoms with Gasteiger partial charge in [-0.1, -0.05) is 115 Å². The minimum atomic E-state index is 0.556. The summed E-state index contributed by atoms with van der Waals surface area (Å²) < 4.78 is 4.49. The van der Waals surface area contributed by atoms with E-state index < -0.39 is 0 Å². The molecule has 0 aliphatic heterocycles. The Balaban J connectivity index is 1.18. The summed E-state index contributed by atoms with van der Waals surface area (Å²) in [5, 5.41) is 14.4. The summed E-state index contributed by atoms with van der Waals surface area (Å²) in [6, 6.07) is 56.7. The second-order valence-corrected chi connectivity index (χ2v) is 11.9. The lowest BCUT2D eigenvalue weighted by Crippen LogP contribution is -1.98. The Hall–Kier alpha value is -6.88. The third-order valence-corrected chi connectivity index (χ3v) is 9.39. The quantitative estimate of drug-likeness (QED) is 0.183. The van der Waals surface area contributed by atoms with Crippen molar-refractivity contribution in [2.45, 2.75) is 0 Å². The number of para-hydroxylation sites is 4. The Morgan fingerprint density at radius 3 is 1.77 bits per heavy atom. The molecule has 0 amide bonds. The van der Waals surface area contributed by atoms with Gasteiger partial charge in [0, 0.05) is 27.2 Å². The Morgan fingerprint density at radius 1 is 0.500 bits per heavy atom. The molecule has 2 heterocycles. The highest BCUT2D eigenvalue weighted by atomic mass is 15.0. The average Bonchev–Trinajstić information content (AvgIpc) is 3.68. The van der Waals surface area contributed by atoms with E-state index in [1.54, 1.807) is 0 Å². The Bertz CT molecular complexity index is 2750. The van der Waals surface area contributed by atoms with Crippen molar-refractivity contribution >= 4 is 49.3 Å². The molecule has 48 heavy (non-hydrogen) atoms. The molecule has 4 nitrogen and oxygen atoms in total. The lowest BCUT2D eigenvalue weighted by atomic mass is 9.98. The second-order valence-electron chi connectivity index (χ2n) is 11.9. The molecule has 0 atom stereocenters. The van der Waals surface area contributed by atoms with Crippen molar-refractivity contribution in [2.75, 3.05) is 0 Å². The van der Waals surface area contributed by atoms with Crippen LogP contribution in [-0.2, 0) is 0 Å². The van der Waals surface area contributed by atoms with Crippen molar-refractivity contribution in [3.8, 4) is 39.7 Å². The van der Waals surface area contributed by atoms with E-state index in [0.29, 0.717) is 11.3 Å². The van der Waals surface area contributed by atoms with Crippen LogP contribution >= 0.6 is 0 Å². The number of hydrogen-bond acceptors (Lipinski definition) is 1. The van der Waals surface area contributed by atoms with E-state index in [0.717, 1.165) is 55.4 Å². The Morgan fingerprint density at radius 2 is 1.08 bits per heavy atom. The standard InChI is InChI=1S/C44H26N4/c1-46-38-18-10-17-34(44(38)48-41-21-7-4-16-37(41)43-32(28-45)12-9-22-42(43)48)30-25-23-29(24-26-30)31-11-8-13-33(27-31)47-39-19-5-2-14-35(39)36-15-3-6-20-40(36)47/h2-27H. The highest BCUT2D eigenvalue weighted by Gasteiger charge is 2.20. The maximum absolute atomic E-state index is 9.98. The van der Waals surface area contributed by atoms with E-state index in [-0.39, 0.29) is 0 Å². The normalized spacial score (nSPS) is 11.3. The molecule has 7 aromatic carbocycles. The zero-order valence-electron chi connectivity index (χ0n) is 25.8. The van der Waals surface area contributed by atoms with E-state index in [1.165, 1.54) is 21.8 Å². The minimum absolute atomic E-state index is 0.556. The molecule has 0 saturated heterocycles. The van der Waals surface area contributed by atoms with Crippen LogP contribution in [0.1, 0.15) is 5.56 Å². The summed E-state index contributed by atoms with van der Waals surface area (Å²) in [4.78, 5) is 3.97. The smallest absolute Gasteiger partial charge is 0.211 e. The van der Waals surface area contributed by atoms with E-state index in [2.05, 4.69) is 135 Å². The predicted molar refractivity (Wildman–Crippen MR) is 197 cm³/mol. The van der Waals surface area contributed by atoms with Gasteiger partial charge in [-0.05, 0) is 64.7 Å². The first-order valence-corrected chi connectivity index (χ1v) is 15.9. The molecule has 0 aliphatic carbocycles. The molecule has 0 spiro atoms. The first-order chi connectivity index (χ1) is 23.7. The summed E-state index contributed by atoms with van der Waals surface area (Å²) >= 11 is 0. The number of benzene rings is 7. The summed E-state index contributed by atoms with van der Waals surface area (Å²) in [6.07, 6.45) is 0. The van der Waals surface area contributed by atoms with Gasteiger partial charge in [-0.25, -0.2) is 4.85 Å². The molecule has 0 N–H and O–H groups in total. The molecule has 9 aromatic rings. The average molecular weight is 611 g/mol. The molecule has 0 saturated carbocycles. The highest BCUT2D eigenvalue weighted by molar-refractivity contribution is 6.13. The van der Waals surface area contributed by atoms with Crippen LogP contribution in [0.15, 0.2) is 158 Å². The third kappa shape index (κ3) is 4.07. The van der Waals surface area contributed by atoms with Crippen molar-refractivity contribution in [1.82, 2.24) is 9.13 Å². The maximum Gasteiger partial charge on any atom is 0.211 e. The third-order valence-electron chi connectivity index (χ3n) is 9.39. The first kappa shape index (κ1) is 27.4. The zero-order chi connectivity index (χ0) is 32.2. The zero-order valence-corrected chi connectivity index (χ0v) is 25.8. The van der Waals surface area contributed by atoms with Gasteiger partial charge in [-0.3, -0.25) is 0 Å². The largest absolute Gasteiger partial charge is 0.318 e. The number of aromatic nitrogens is 2. The van der Waals surface area contributed by atoms with E-state index >= 15 is 0 Å². The van der Waals surface area contributed by atoms with Crippen LogP contribution in [0.4, 0.5) is 5.69 Å². The fraction of sp³-hybridized carbons (Fsp3) is 0. The van der Waals surface area contributed by atoms with Gasteiger partial charge in [-0.2, -0.15) is 5.26 Å². The van der Waals surface area contributed by atoms with E-state index in [4.69, 9.17) is 6.57 Å². The summed E-state index contributed by atoms with van der Waals surface area (Å²) in [5.41, 5.74) is 11.6. The number of nitriles is 1. The number of fused-ring (bicyclic) bond motifs is 6. The molecule has 9 rings (SSSR count). The van der Waals surface area contributed by atoms with Crippen molar-refractivity contribution in [1.29, 1.82) is 5.26 Å². The maximum atomic E-state index is 9.98. The topological polar surface area (TPSA) is 38.0 Å². The molecular formula is C44H26N4. The van der Waals surface area contributed by atoms with Gasteiger partial charge in [0.25, 0.3) is 0 Å². The van der Waals surface area contributed by atoms with Crippen LogP contribution in [0.2, 0.25) is 0 Å². The highest BCUT2D eigenvalue weighted by Crippen LogP contribution is 2.42. The van der Waals surface area contributed by atoms with Crippen LogP contribution in [0.5, 0.6) is 0 Å². The van der Waals surface area contributed by atoms with Crippen molar-refractivity contribution in [2.24, 2.45) is 0 Å². The van der Waals surface area contributed by atoms with Crippen molar-refractivity contribution < 1.29 is 0 Å². The number of hydrogen-bond donors (Lipinski definition) is 0. The molecule has 222 valence electrons. The fourth-order valence-electron chi connectivity index (χ4n) is 7.31. The van der Waals surface area contributed by atoms with Crippen LogP contribution in [-0.4, -0.2) is 9.13 Å². The van der Waals surface area contributed by atoms with E-state index in [1.807, 2.05) is 42.5 Å². The van der Waals surface area contributed by atoms with Crippen LogP contribution < -0.4 is 0 Å². The van der Waals surface area contributed by atoms with Gasteiger partial charge in [0.05, 0.1) is 46.0 Å². The fourth-order valence-corrected chi connectivity index (χ4v) is 7.31. The summed E-state index contributed by atoms with van der Waals surface area (Å²) in [5.74, 6) is 0. The van der Waals surface area contributed by atoms with Crippen molar-refractivity contribution in [3.05, 3.63) is 175 Å². The number of rotatable bonds is 4. The SMILES string of the molecule is [C-]#[N+]c1cccc(-c2ccc(-c3cccc(-n4c5ccccc5c5ccccc54)c3)cc2)c1-n1c2ccccc2c2c(C#N)cccc21. The Labute approximate surface area is 277 Å². The van der Waals surface area contributed by atoms with Crippen LogP contribution in [0.25, 0.3) is 82.1 Å². The predicted octanol–water partition coefficient (Wildman–Crippen LogP) is 11.6. The minimum Gasteiger partial charge on any atom is -0.318 e. The first-order valence-electron chi connectivity index (χ1n) is 15.9. The lowest BCUT2D eigenvalue weighted by molar-refractivity contribution is 1.18. The van der Waals surface area contributed by atoms with Crippen molar-refractivity contribution in [3.63, 3.8) is 0 Å². The molecule has 0 radical (unpaired) electrons. The van der Waals surface area contributed by atoms with Gasteiger partial charge in [0.2, 0.25) is 5.69 Å². The molecule has 0 bridgehead atoms. The van der Waals surface area contributed by atoms with Gasteiger partial charge < -0.3 is 9.13 Å². The lowest BCUT2D eigenvalue weighted by Gasteiger charge is -2.16. The molecule has 0 aliphatic rings. The van der Waals surface area contributed by atoms with Gasteiger partial charge in [0.15, 0.2) is 0 Å². The van der Waals surface area contributed by atoms with Gasteiger partial charge >= 0.3 is 0 Å². The Kier molecular flexibility index (Phi) is 6.22. The molecular weight excluding hydrogens is 585 g/mol. The number of nitrogens with zero attached hydrogens (tertiary/aromatic N) is 4. The molecule has 0 fully saturated rings. The molecule has 2 aromatic heterocycles. The monoisotopic (exact) mass is 610 g/mol. The summed E-state index contributed by atoms with van der Waals surface area (Å²) in [6.45, 7) is 8.12. The van der Waals surface area contributed by atoms with E-state index in [9.17, 15) is 5.26 Å². The van der Waals surface area contributed by atoms with Crippen LogP contribution in [0.3, 0.4) is 0 Å². The van der Waals surface area contributed by atoms with Gasteiger partial charge in [-0.15, -0.1) is 0 Å². The van der Waals surface area contributed by atoms with Gasteiger partial charge in [0.1, 0.15) is 0 Å². The molecule has 4 heteroatoms. The van der Waals surface area contributed by atoms with Crippen LogP contribution in [0, 0.1) is 17.9 Å². The molecule has 0 unspecified atom stereocenters. The summed E-state index contributed by atoms with van der Waals surface area (Å²) in [7, 11) is 0. The second kappa shape index (κ2) is 10.9.